The van der Waals surface area contributed by atoms with Gasteiger partial charge in [-0.05, 0) is 12.5 Å². The van der Waals surface area contributed by atoms with Crippen LogP contribution >= 0.6 is 0 Å². The summed E-state index contributed by atoms with van der Waals surface area (Å²) >= 11 is 0. The Morgan fingerprint density at radius 1 is 1.56 bits per heavy atom. The number of hydrogen-bond donors (Lipinski definition) is 0. The van der Waals surface area contributed by atoms with Crippen LogP contribution in [0.3, 0.4) is 0 Å². The van der Waals surface area contributed by atoms with Gasteiger partial charge in [-0.1, -0.05) is 25.3 Å². The monoisotopic (exact) mass is 124 g/mol. The molecule has 0 aromatic carbocycles. The van der Waals surface area contributed by atoms with Crippen LogP contribution in [0.25, 0.3) is 0 Å². The Morgan fingerprint density at radius 2 is 2.22 bits per heavy atom. The standard InChI is InChI=1S/C8H12O/c1-4-8(5-2)7-9-6-3/h4-6H,1,3,7H2,2H3/b8-5+. The van der Waals surface area contributed by atoms with Gasteiger partial charge >= 0.3 is 0 Å². The van der Waals surface area contributed by atoms with Gasteiger partial charge in [-0.2, -0.15) is 0 Å². The Balaban J connectivity index is 3.57. The maximum atomic E-state index is 4.90. The predicted octanol–water partition coefficient (Wildman–Crippen LogP) is 2.28. The second-order valence-electron chi connectivity index (χ2n) is 1.55. The van der Waals surface area contributed by atoms with E-state index in [1.165, 1.54) is 6.26 Å². The summed E-state index contributed by atoms with van der Waals surface area (Å²) in [6.07, 6.45) is 5.15. The molecule has 0 amide bonds. The van der Waals surface area contributed by atoms with Crippen LogP contribution in [0.15, 0.2) is 37.1 Å². The minimum atomic E-state index is 0.573. The molecule has 0 bridgehead atoms. The molecule has 0 aliphatic heterocycles. The van der Waals surface area contributed by atoms with Crippen LogP contribution in [0.2, 0.25) is 0 Å². The summed E-state index contributed by atoms with van der Waals surface area (Å²) in [5.41, 5.74) is 1.08. The minimum absolute atomic E-state index is 0.573. The van der Waals surface area contributed by atoms with Gasteiger partial charge in [0.1, 0.15) is 6.61 Å². The average Bonchev–Trinajstić information content (AvgIpc) is 1.91. The van der Waals surface area contributed by atoms with Gasteiger partial charge in [-0.25, -0.2) is 0 Å². The fourth-order valence-electron chi connectivity index (χ4n) is 0.415. The van der Waals surface area contributed by atoms with E-state index < -0.39 is 0 Å². The third-order valence-electron chi connectivity index (χ3n) is 1.00. The van der Waals surface area contributed by atoms with E-state index >= 15 is 0 Å². The molecule has 0 saturated carbocycles. The predicted molar refractivity (Wildman–Crippen MR) is 40.1 cm³/mol. The summed E-state index contributed by atoms with van der Waals surface area (Å²) in [6.45, 7) is 9.54. The SMILES string of the molecule is C=COC/C(C=C)=C/C. The molecule has 0 aliphatic rings. The van der Waals surface area contributed by atoms with Gasteiger partial charge in [0.05, 0.1) is 6.26 Å². The summed E-state index contributed by atoms with van der Waals surface area (Å²) in [5.74, 6) is 0. The normalized spacial score (nSPS) is 10.6. The molecule has 0 aromatic heterocycles. The highest BCUT2D eigenvalue weighted by atomic mass is 16.5. The third kappa shape index (κ3) is 3.59. The Bertz CT molecular complexity index is 123. The highest BCUT2D eigenvalue weighted by molar-refractivity contribution is 5.15. The molecule has 0 heterocycles. The van der Waals surface area contributed by atoms with Gasteiger partial charge in [0, 0.05) is 0 Å². The third-order valence-corrected chi connectivity index (χ3v) is 1.00. The first-order valence-electron chi connectivity index (χ1n) is 2.85. The zero-order chi connectivity index (χ0) is 7.11. The summed E-state index contributed by atoms with van der Waals surface area (Å²) < 4.78 is 4.90. The Morgan fingerprint density at radius 3 is 2.56 bits per heavy atom. The second kappa shape index (κ2) is 5.16. The molecular formula is C8H12O. The van der Waals surface area contributed by atoms with E-state index in [9.17, 15) is 0 Å². The topological polar surface area (TPSA) is 9.23 Å². The van der Waals surface area contributed by atoms with Crippen LogP contribution in [0, 0.1) is 0 Å². The summed E-state index contributed by atoms with van der Waals surface area (Å²) in [5, 5.41) is 0. The van der Waals surface area contributed by atoms with Crippen LogP contribution < -0.4 is 0 Å². The van der Waals surface area contributed by atoms with Gasteiger partial charge in [-0.3, -0.25) is 0 Å². The molecule has 1 heteroatoms. The molecule has 0 radical (unpaired) electrons. The first-order chi connectivity index (χ1) is 4.35. The number of hydrogen-bond acceptors (Lipinski definition) is 1. The van der Waals surface area contributed by atoms with Crippen molar-refractivity contribution in [1.29, 1.82) is 0 Å². The quantitative estimate of drug-likeness (QED) is 0.412. The van der Waals surface area contributed by atoms with E-state index in [0.717, 1.165) is 5.57 Å². The summed E-state index contributed by atoms with van der Waals surface area (Å²) in [6, 6.07) is 0. The lowest BCUT2D eigenvalue weighted by atomic mass is 10.3. The number of ether oxygens (including phenoxy) is 1. The first-order valence-corrected chi connectivity index (χ1v) is 2.85. The van der Waals surface area contributed by atoms with Crippen LogP contribution in [-0.2, 0) is 4.74 Å². The molecule has 0 saturated heterocycles. The fourth-order valence-corrected chi connectivity index (χ4v) is 0.415. The van der Waals surface area contributed by atoms with Crippen molar-refractivity contribution in [2.45, 2.75) is 6.92 Å². The van der Waals surface area contributed by atoms with Crippen LogP contribution in [-0.4, -0.2) is 6.61 Å². The van der Waals surface area contributed by atoms with E-state index in [-0.39, 0.29) is 0 Å². The number of allylic oxidation sites excluding steroid dienone is 1. The molecule has 0 spiro atoms. The van der Waals surface area contributed by atoms with Crippen molar-refractivity contribution >= 4 is 0 Å². The van der Waals surface area contributed by atoms with E-state index in [2.05, 4.69) is 13.2 Å². The Kier molecular flexibility index (Phi) is 4.60. The second-order valence-corrected chi connectivity index (χ2v) is 1.55. The van der Waals surface area contributed by atoms with Crippen molar-refractivity contribution in [2.75, 3.05) is 6.61 Å². The largest absolute Gasteiger partial charge is 0.497 e. The average molecular weight is 124 g/mol. The van der Waals surface area contributed by atoms with Crippen LogP contribution in [0.4, 0.5) is 0 Å². The van der Waals surface area contributed by atoms with E-state index in [0.29, 0.717) is 6.61 Å². The van der Waals surface area contributed by atoms with Crippen molar-refractivity contribution in [3.8, 4) is 0 Å². The zero-order valence-corrected chi connectivity index (χ0v) is 5.76. The molecule has 0 N–H and O–H groups in total. The van der Waals surface area contributed by atoms with Crippen molar-refractivity contribution in [2.24, 2.45) is 0 Å². The smallest absolute Gasteiger partial charge is 0.112 e. The Labute approximate surface area is 56.3 Å². The molecular weight excluding hydrogens is 112 g/mol. The van der Waals surface area contributed by atoms with Gasteiger partial charge in [-0.15, -0.1) is 0 Å². The van der Waals surface area contributed by atoms with Gasteiger partial charge in [0.2, 0.25) is 0 Å². The van der Waals surface area contributed by atoms with Crippen molar-refractivity contribution in [3.05, 3.63) is 37.1 Å². The highest BCUT2D eigenvalue weighted by Gasteiger charge is 1.84. The lowest BCUT2D eigenvalue weighted by Crippen LogP contribution is -1.88. The van der Waals surface area contributed by atoms with Gasteiger partial charge in [0.25, 0.3) is 0 Å². The minimum Gasteiger partial charge on any atom is -0.497 e. The van der Waals surface area contributed by atoms with E-state index in [4.69, 9.17) is 4.74 Å². The highest BCUT2D eigenvalue weighted by Crippen LogP contribution is 1.94. The van der Waals surface area contributed by atoms with E-state index in [1.807, 2.05) is 13.0 Å². The molecule has 0 aliphatic carbocycles. The van der Waals surface area contributed by atoms with Gasteiger partial charge in [0.15, 0.2) is 0 Å². The molecule has 0 unspecified atom stereocenters. The van der Waals surface area contributed by atoms with Crippen molar-refractivity contribution in [1.82, 2.24) is 0 Å². The van der Waals surface area contributed by atoms with Crippen molar-refractivity contribution < 1.29 is 4.74 Å². The van der Waals surface area contributed by atoms with Crippen LogP contribution in [0.5, 0.6) is 0 Å². The van der Waals surface area contributed by atoms with E-state index in [1.54, 1.807) is 6.08 Å². The molecule has 9 heavy (non-hydrogen) atoms. The lowest BCUT2D eigenvalue weighted by Gasteiger charge is -1.98. The Hall–Kier alpha value is -0.980. The maximum Gasteiger partial charge on any atom is 0.112 e. The molecule has 0 atom stereocenters. The first kappa shape index (κ1) is 8.02. The zero-order valence-electron chi connectivity index (χ0n) is 5.76. The fraction of sp³-hybridized carbons (Fsp3) is 0.250. The summed E-state index contributed by atoms with van der Waals surface area (Å²) in [7, 11) is 0. The van der Waals surface area contributed by atoms with Crippen molar-refractivity contribution in [3.63, 3.8) is 0 Å². The lowest BCUT2D eigenvalue weighted by molar-refractivity contribution is 0.284. The van der Waals surface area contributed by atoms with Crippen LogP contribution in [0.1, 0.15) is 6.92 Å². The molecule has 0 rings (SSSR count). The molecule has 1 nitrogen and oxygen atoms in total. The molecule has 0 fully saturated rings. The van der Waals surface area contributed by atoms with Gasteiger partial charge < -0.3 is 4.74 Å². The summed E-state index contributed by atoms with van der Waals surface area (Å²) in [4.78, 5) is 0. The molecule has 50 valence electrons. The maximum absolute atomic E-state index is 4.90. The molecule has 0 aromatic rings. The number of rotatable bonds is 4.